The zero-order chi connectivity index (χ0) is 17.6. The second-order valence-electron chi connectivity index (χ2n) is 6.64. The summed E-state index contributed by atoms with van der Waals surface area (Å²) in [6.45, 7) is 7.76. The highest BCUT2D eigenvalue weighted by Crippen LogP contribution is 2.39. The molecule has 1 aliphatic rings. The average Bonchev–Trinajstić information content (AvgIpc) is 2.83. The van der Waals surface area contributed by atoms with E-state index in [1.807, 2.05) is 39.0 Å². The van der Waals surface area contributed by atoms with Crippen molar-refractivity contribution in [3.63, 3.8) is 0 Å². The summed E-state index contributed by atoms with van der Waals surface area (Å²) in [4.78, 5) is 12.5. The summed E-state index contributed by atoms with van der Waals surface area (Å²) in [6, 6.07) is 8.91. The van der Waals surface area contributed by atoms with E-state index in [-0.39, 0.29) is 18.0 Å². The van der Waals surface area contributed by atoms with E-state index in [4.69, 9.17) is 0 Å². The van der Waals surface area contributed by atoms with Crippen molar-refractivity contribution in [1.82, 2.24) is 0 Å². The van der Waals surface area contributed by atoms with Gasteiger partial charge in [0.2, 0.25) is 0 Å². The molecule has 124 valence electrons. The average molecular weight is 324 g/mol. The SMILES string of the molecule is Cc1ccc(C2=C(c3cc(C)c(C)c(C)c3)C(=O)C(O)C2)cc1F. The van der Waals surface area contributed by atoms with Crippen LogP contribution in [0.15, 0.2) is 30.3 Å². The van der Waals surface area contributed by atoms with Gasteiger partial charge in [-0.15, -0.1) is 0 Å². The number of halogens is 1. The van der Waals surface area contributed by atoms with Gasteiger partial charge in [0.25, 0.3) is 0 Å². The number of hydrogen-bond acceptors (Lipinski definition) is 2. The molecule has 0 heterocycles. The summed E-state index contributed by atoms with van der Waals surface area (Å²) in [7, 11) is 0. The Morgan fingerprint density at radius 2 is 1.58 bits per heavy atom. The standard InChI is InChI=1S/C21H21FO2/c1-11-5-6-15(9-18(11)22)17-10-19(23)21(24)20(17)16-7-12(2)14(4)13(3)8-16/h5-9,19,23H,10H2,1-4H3. The minimum absolute atomic E-state index is 0.225. The molecule has 1 unspecified atom stereocenters. The predicted octanol–water partition coefficient (Wildman–Crippen LogP) is 4.30. The van der Waals surface area contributed by atoms with Crippen molar-refractivity contribution in [2.75, 3.05) is 0 Å². The molecule has 24 heavy (non-hydrogen) atoms. The van der Waals surface area contributed by atoms with Gasteiger partial charge in [0.15, 0.2) is 5.78 Å². The van der Waals surface area contributed by atoms with Gasteiger partial charge < -0.3 is 5.11 Å². The largest absolute Gasteiger partial charge is 0.385 e. The van der Waals surface area contributed by atoms with E-state index in [0.717, 1.165) is 16.7 Å². The van der Waals surface area contributed by atoms with Crippen LogP contribution in [0.3, 0.4) is 0 Å². The summed E-state index contributed by atoms with van der Waals surface area (Å²) in [5, 5.41) is 10.1. The molecular weight excluding hydrogens is 303 g/mol. The van der Waals surface area contributed by atoms with Crippen molar-refractivity contribution in [1.29, 1.82) is 0 Å². The molecule has 0 saturated carbocycles. The number of rotatable bonds is 2. The van der Waals surface area contributed by atoms with Gasteiger partial charge in [-0.25, -0.2) is 4.39 Å². The van der Waals surface area contributed by atoms with Gasteiger partial charge in [-0.3, -0.25) is 4.79 Å². The van der Waals surface area contributed by atoms with Crippen molar-refractivity contribution in [3.05, 3.63) is 69.5 Å². The first-order chi connectivity index (χ1) is 11.3. The van der Waals surface area contributed by atoms with E-state index in [2.05, 4.69) is 0 Å². The topological polar surface area (TPSA) is 37.3 Å². The Bertz CT molecular complexity index is 854. The van der Waals surface area contributed by atoms with Gasteiger partial charge in [0.05, 0.1) is 0 Å². The minimum atomic E-state index is -1.05. The van der Waals surface area contributed by atoms with E-state index in [0.29, 0.717) is 22.3 Å². The zero-order valence-electron chi connectivity index (χ0n) is 14.4. The molecule has 1 atom stereocenters. The summed E-state index contributed by atoms with van der Waals surface area (Å²) >= 11 is 0. The third kappa shape index (κ3) is 2.69. The Morgan fingerprint density at radius 3 is 2.17 bits per heavy atom. The third-order valence-electron chi connectivity index (χ3n) is 4.98. The van der Waals surface area contributed by atoms with Gasteiger partial charge in [0.1, 0.15) is 11.9 Å². The number of aryl methyl sites for hydroxylation is 3. The monoisotopic (exact) mass is 324 g/mol. The second kappa shape index (κ2) is 5.99. The van der Waals surface area contributed by atoms with Crippen molar-refractivity contribution in [2.24, 2.45) is 0 Å². The molecule has 2 nitrogen and oxygen atoms in total. The quantitative estimate of drug-likeness (QED) is 0.894. The van der Waals surface area contributed by atoms with Crippen LogP contribution < -0.4 is 0 Å². The minimum Gasteiger partial charge on any atom is -0.385 e. The second-order valence-corrected chi connectivity index (χ2v) is 6.64. The molecule has 0 amide bonds. The normalized spacial score (nSPS) is 17.8. The van der Waals surface area contributed by atoms with Crippen LogP contribution in [0.1, 0.15) is 39.8 Å². The fourth-order valence-corrected chi connectivity index (χ4v) is 3.24. The van der Waals surface area contributed by atoms with Gasteiger partial charge in [-0.05, 0) is 72.7 Å². The Morgan fingerprint density at radius 1 is 0.958 bits per heavy atom. The van der Waals surface area contributed by atoms with E-state index in [9.17, 15) is 14.3 Å². The Balaban J connectivity index is 2.23. The number of carbonyl (C=O) groups is 1. The molecule has 1 aliphatic carbocycles. The summed E-state index contributed by atoms with van der Waals surface area (Å²) in [5.74, 6) is -0.585. The Labute approximate surface area is 141 Å². The molecule has 0 aliphatic heterocycles. The van der Waals surface area contributed by atoms with Crippen LogP contribution in [0, 0.1) is 33.5 Å². The van der Waals surface area contributed by atoms with Crippen molar-refractivity contribution >= 4 is 16.9 Å². The van der Waals surface area contributed by atoms with Gasteiger partial charge in [-0.1, -0.05) is 24.3 Å². The number of Topliss-reactive ketones (excluding diaryl/α,β-unsaturated/α-hetero) is 1. The molecule has 0 spiro atoms. The fourth-order valence-electron chi connectivity index (χ4n) is 3.24. The molecule has 3 heteroatoms. The first kappa shape index (κ1) is 16.6. The summed E-state index contributed by atoms with van der Waals surface area (Å²) < 4.78 is 14.0. The molecule has 0 saturated heterocycles. The maximum absolute atomic E-state index is 14.0. The lowest BCUT2D eigenvalue weighted by Crippen LogP contribution is -2.14. The molecule has 0 fully saturated rings. The zero-order valence-corrected chi connectivity index (χ0v) is 14.4. The highest BCUT2D eigenvalue weighted by atomic mass is 19.1. The number of carbonyl (C=O) groups excluding carboxylic acids is 1. The van der Waals surface area contributed by atoms with Crippen molar-refractivity contribution < 1.29 is 14.3 Å². The van der Waals surface area contributed by atoms with Crippen LogP contribution in [-0.4, -0.2) is 17.0 Å². The predicted molar refractivity (Wildman–Crippen MR) is 94.2 cm³/mol. The number of benzene rings is 2. The Kier molecular flexibility index (Phi) is 4.14. The number of aliphatic hydroxyl groups excluding tert-OH is 1. The first-order valence-electron chi connectivity index (χ1n) is 8.09. The fraction of sp³-hybridized carbons (Fsp3) is 0.286. The number of ketones is 1. The third-order valence-corrected chi connectivity index (χ3v) is 4.98. The highest BCUT2D eigenvalue weighted by molar-refractivity contribution is 6.33. The summed E-state index contributed by atoms with van der Waals surface area (Å²) in [6.07, 6.45) is -0.830. The van der Waals surface area contributed by atoms with Crippen LogP contribution >= 0.6 is 0 Å². The van der Waals surface area contributed by atoms with E-state index in [1.54, 1.807) is 13.0 Å². The van der Waals surface area contributed by atoms with Crippen LogP contribution in [0.5, 0.6) is 0 Å². The molecule has 2 aromatic rings. The van der Waals surface area contributed by atoms with Gasteiger partial charge in [0, 0.05) is 12.0 Å². The smallest absolute Gasteiger partial charge is 0.192 e. The molecule has 2 aromatic carbocycles. The lowest BCUT2D eigenvalue weighted by molar-refractivity contribution is -0.120. The molecular formula is C21H21FO2. The van der Waals surface area contributed by atoms with Crippen molar-refractivity contribution in [3.8, 4) is 0 Å². The van der Waals surface area contributed by atoms with E-state index >= 15 is 0 Å². The van der Waals surface area contributed by atoms with Crippen molar-refractivity contribution in [2.45, 2.75) is 40.2 Å². The first-order valence-corrected chi connectivity index (χ1v) is 8.09. The van der Waals surface area contributed by atoms with Gasteiger partial charge >= 0.3 is 0 Å². The summed E-state index contributed by atoms with van der Waals surface area (Å²) in [5.41, 5.74) is 6.64. The molecule has 1 N–H and O–H groups in total. The maximum atomic E-state index is 14.0. The van der Waals surface area contributed by atoms with Crippen LogP contribution in [0.2, 0.25) is 0 Å². The van der Waals surface area contributed by atoms with E-state index in [1.165, 1.54) is 11.6 Å². The van der Waals surface area contributed by atoms with Crippen LogP contribution in [0.4, 0.5) is 4.39 Å². The lowest BCUT2D eigenvalue weighted by atomic mass is 9.92. The van der Waals surface area contributed by atoms with Crippen LogP contribution in [0.25, 0.3) is 11.1 Å². The number of aliphatic hydroxyl groups is 1. The number of hydrogen-bond donors (Lipinski definition) is 1. The molecule has 0 bridgehead atoms. The molecule has 0 radical (unpaired) electrons. The molecule has 3 rings (SSSR count). The lowest BCUT2D eigenvalue weighted by Gasteiger charge is -2.12. The maximum Gasteiger partial charge on any atom is 0.192 e. The van der Waals surface area contributed by atoms with Gasteiger partial charge in [-0.2, -0.15) is 0 Å². The van der Waals surface area contributed by atoms with E-state index < -0.39 is 6.10 Å². The molecule has 0 aromatic heterocycles. The van der Waals surface area contributed by atoms with Crippen LogP contribution in [-0.2, 0) is 4.79 Å². The Hall–Kier alpha value is -2.26. The highest BCUT2D eigenvalue weighted by Gasteiger charge is 2.33.